The highest BCUT2D eigenvalue weighted by molar-refractivity contribution is 5.91. The van der Waals surface area contributed by atoms with E-state index >= 15 is 0 Å². The fraction of sp³-hybridized carbons (Fsp3) is 0.368. The Morgan fingerprint density at radius 1 is 1.29 bits per heavy atom. The maximum absolute atomic E-state index is 12.6. The fourth-order valence-electron chi connectivity index (χ4n) is 3.13. The molecule has 0 aliphatic heterocycles. The Kier molecular flexibility index (Phi) is 6.38. The molecule has 0 aliphatic carbocycles. The summed E-state index contributed by atoms with van der Waals surface area (Å²) in [5, 5.41) is 17.1. The van der Waals surface area contributed by atoms with Crippen LogP contribution in [0.1, 0.15) is 31.2 Å². The summed E-state index contributed by atoms with van der Waals surface area (Å²) in [6.07, 6.45) is 3.14. The van der Waals surface area contributed by atoms with E-state index in [9.17, 15) is 4.79 Å². The maximum Gasteiger partial charge on any atom is 0.319 e. The van der Waals surface area contributed by atoms with Crippen LogP contribution in [0.15, 0.2) is 47.3 Å². The van der Waals surface area contributed by atoms with Crippen molar-refractivity contribution in [2.24, 2.45) is 0 Å². The number of aromatic nitrogens is 4. The van der Waals surface area contributed by atoms with Crippen LogP contribution >= 0.6 is 0 Å². The molecule has 0 bridgehead atoms. The molecule has 0 saturated heterocycles. The predicted octanol–water partition coefficient (Wildman–Crippen LogP) is 2.77. The Hall–Kier alpha value is -3.20. The number of benzene rings is 1. The minimum Gasteiger partial charge on any atom is -0.468 e. The molecule has 2 amide bonds. The van der Waals surface area contributed by atoms with Crippen LogP contribution in [0.3, 0.4) is 0 Å². The third kappa shape index (κ3) is 4.55. The van der Waals surface area contributed by atoms with Gasteiger partial charge in [0.25, 0.3) is 0 Å². The SMILES string of the molecule is CCN(CC)[C@H](CNC(=O)Nc1cc(C)ccc1-n1cnnn1)c1ccco1. The van der Waals surface area contributed by atoms with E-state index in [2.05, 4.69) is 44.9 Å². The third-order valence-corrected chi connectivity index (χ3v) is 4.58. The van der Waals surface area contributed by atoms with Gasteiger partial charge in [-0.2, -0.15) is 4.68 Å². The van der Waals surface area contributed by atoms with Crippen molar-refractivity contribution in [3.63, 3.8) is 0 Å². The summed E-state index contributed by atoms with van der Waals surface area (Å²) in [4.78, 5) is 14.8. The van der Waals surface area contributed by atoms with Gasteiger partial charge in [-0.3, -0.25) is 4.90 Å². The van der Waals surface area contributed by atoms with Gasteiger partial charge in [0.2, 0.25) is 0 Å². The van der Waals surface area contributed by atoms with Crippen LogP contribution in [0, 0.1) is 6.92 Å². The van der Waals surface area contributed by atoms with Crippen LogP contribution in [0.4, 0.5) is 10.5 Å². The molecule has 0 aliphatic rings. The van der Waals surface area contributed by atoms with Gasteiger partial charge < -0.3 is 15.1 Å². The average molecular weight is 383 g/mol. The number of urea groups is 1. The first-order valence-electron chi connectivity index (χ1n) is 9.28. The average Bonchev–Trinajstić information content (AvgIpc) is 3.39. The molecular formula is C19H25N7O2. The molecule has 2 heterocycles. The van der Waals surface area contributed by atoms with Gasteiger partial charge in [-0.05, 0) is 60.3 Å². The van der Waals surface area contributed by atoms with Gasteiger partial charge in [-0.15, -0.1) is 5.10 Å². The number of hydrogen-bond acceptors (Lipinski definition) is 6. The second-order valence-corrected chi connectivity index (χ2v) is 6.36. The molecule has 9 nitrogen and oxygen atoms in total. The quantitative estimate of drug-likeness (QED) is 0.620. The van der Waals surface area contributed by atoms with Crippen molar-refractivity contribution < 1.29 is 9.21 Å². The number of nitrogens with one attached hydrogen (secondary N) is 2. The Morgan fingerprint density at radius 3 is 2.75 bits per heavy atom. The van der Waals surface area contributed by atoms with Gasteiger partial charge in [-0.25, -0.2) is 4.79 Å². The summed E-state index contributed by atoms with van der Waals surface area (Å²) >= 11 is 0. The van der Waals surface area contributed by atoms with E-state index in [1.165, 1.54) is 11.0 Å². The standard InChI is InChI=1S/C19H25N7O2/c1-4-25(5-2)17(18-7-6-10-28-18)12-20-19(27)22-15-11-14(3)8-9-16(15)26-13-21-23-24-26/h6-11,13,17H,4-5,12H2,1-3H3,(H2,20,22,27)/t17-/m1/s1. The first-order chi connectivity index (χ1) is 13.6. The normalized spacial score (nSPS) is 12.1. The van der Waals surface area contributed by atoms with E-state index in [0.717, 1.165) is 24.4 Å². The van der Waals surface area contributed by atoms with Crippen molar-refractivity contribution in [3.05, 3.63) is 54.2 Å². The zero-order valence-corrected chi connectivity index (χ0v) is 16.3. The van der Waals surface area contributed by atoms with Crippen molar-refractivity contribution in [1.82, 2.24) is 30.4 Å². The molecule has 3 rings (SSSR count). The minimum atomic E-state index is -0.302. The maximum atomic E-state index is 12.6. The van der Waals surface area contributed by atoms with Gasteiger partial charge in [0.15, 0.2) is 0 Å². The Morgan fingerprint density at radius 2 is 2.11 bits per heavy atom. The third-order valence-electron chi connectivity index (χ3n) is 4.58. The summed E-state index contributed by atoms with van der Waals surface area (Å²) in [5.74, 6) is 0.828. The number of hydrogen-bond donors (Lipinski definition) is 2. The summed E-state index contributed by atoms with van der Waals surface area (Å²) in [6.45, 7) is 8.27. The highest BCUT2D eigenvalue weighted by Gasteiger charge is 2.21. The smallest absolute Gasteiger partial charge is 0.319 e. The largest absolute Gasteiger partial charge is 0.468 e. The van der Waals surface area contributed by atoms with Crippen molar-refractivity contribution >= 4 is 11.7 Å². The Balaban J connectivity index is 1.71. The van der Waals surface area contributed by atoms with Crippen LogP contribution < -0.4 is 10.6 Å². The number of tetrazole rings is 1. The second-order valence-electron chi connectivity index (χ2n) is 6.36. The van der Waals surface area contributed by atoms with Crippen molar-refractivity contribution in [2.45, 2.75) is 26.8 Å². The van der Waals surface area contributed by atoms with E-state index in [-0.39, 0.29) is 12.1 Å². The minimum absolute atomic E-state index is 0.0350. The van der Waals surface area contributed by atoms with Crippen LogP contribution in [0.25, 0.3) is 5.69 Å². The van der Waals surface area contributed by atoms with Gasteiger partial charge in [-0.1, -0.05) is 19.9 Å². The zero-order valence-electron chi connectivity index (χ0n) is 16.3. The Bertz CT molecular complexity index is 874. The van der Waals surface area contributed by atoms with E-state index in [1.807, 2.05) is 37.3 Å². The highest BCUT2D eigenvalue weighted by atomic mass is 16.3. The van der Waals surface area contributed by atoms with Crippen LogP contribution in [-0.2, 0) is 0 Å². The number of amides is 2. The van der Waals surface area contributed by atoms with E-state index < -0.39 is 0 Å². The molecule has 9 heteroatoms. The first-order valence-corrected chi connectivity index (χ1v) is 9.28. The van der Waals surface area contributed by atoms with E-state index in [4.69, 9.17) is 4.42 Å². The van der Waals surface area contributed by atoms with Gasteiger partial charge in [0.1, 0.15) is 12.1 Å². The number of carbonyl (C=O) groups is 1. The molecule has 0 unspecified atom stereocenters. The molecule has 0 fully saturated rings. The van der Waals surface area contributed by atoms with E-state index in [0.29, 0.717) is 17.9 Å². The summed E-state index contributed by atoms with van der Waals surface area (Å²) in [7, 11) is 0. The number of nitrogens with zero attached hydrogens (tertiary/aromatic N) is 5. The fourth-order valence-corrected chi connectivity index (χ4v) is 3.13. The number of aryl methyl sites for hydroxylation is 1. The number of carbonyl (C=O) groups excluding carboxylic acids is 1. The van der Waals surface area contributed by atoms with Crippen LogP contribution in [0.2, 0.25) is 0 Å². The molecule has 2 aromatic heterocycles. The van der Waals surface area contributed by atoms with E-state index in [1.54, 1.807) is 6.26 Å². The lowest BCUT2D eigenvalue weighted by Gasteiger charge is -2.28. The lowest BCUT2D eigenvalue weighted by atomic mass is 10.2. The molecule has 1 aromatic carbocycles. The molecule has 0 spiro atoms. The summed E-state index contributed by atoms with van der Waals surface area (Å²) in [5.41, 5.74) is 2.34. The number of anilines is 1. The predicted molar refractivity (Wildman–Crippen MR) is 105 cm³/mol. The summed E-state index contributed by atoms with van der Waals surface area (Å²) < 4.78 is 7.09. The first kappa shape index (κ1) is 19.6. The lowest BCUT2D eigenvalue weighted by molar-refractivity contribution is 0.188. The van der Waals surface area contributed by atoms with Gasteiger partial charge in [0.05, 0.1) is 23.7 Å². The zero-order chi connectivity index (χ0) is 19.9. The summed E-state index contributed by atoms with van der Waals surface area (Å²) in [6, 6.07) is 9.13. The highest BCUT2D eigenvalue weighted by Crippen LogP contribution is 2.22. The number of furan rings is 1. The number of likely N-dealkylation sites (N-methyl/N-ethyl adjacent to an activating group) is 1. The van der Waals surface area contributed by atoms with Crippen molar-refractivity contribution in [3.8, 4) is 5.69 Å². The Labute approximate surface area is 163 Å². The van der Waals surface area contributed by atoms with Crippen molar-refractivity contribution in [2.75, 3.05) is 25.0 Å². The molecule has 3 aromatic rings. The molecule has 28 heavy (non-hydrogen) atoms. The molecule has 148 valence electrons. The molecule has 0 saturated carbocycles. The van der Waals surface area contributed by atoms with Crippen molar-refractivity contribution in [1.29, 1.82) is 0 Å². The monoisotopic (exact) mass is 383 g/mol. The topological polar surface area (TPSA) is 101 Å². The van der Waals surface area contributed by atoms with Crippen LogP contribution in [-0.4, -0.2) is 50.8 Å². The molecule has 2 N–H and O–H groups in total. The van der Waals surface area contributed by atoms with Gasteiger partial charge in [0, 0.05) is 6.54 Å². The lowest BCUT2D eigenvalue weighted by Crippen LogP contribution is -2.39. The van der Waals surface area contributed by atoms with Gasteiger partial charge >= 0.3 is 6.03 Å². The second kappa shape index (κ2) is 9.14. The molecular weight excluding hydrogens is 358 g/mol. The van der Waals surface area contributed by atoms with Crippen LogP contribution in [0.5, 0.6) is 0 Å². The molecule has 0 radical (unpaired) electrons. The molecule has 1 atom stereocenters. The number of rotatable bonds is 8.